The number of aryl methyl sites for hydroxylation is 1. The lowest BCUT2D eigenvalue weighted by atomic mass is 9.89. The number of aromatic nitrogens is 2. The third-order valence-electron chi connectivity index (χ3n) is 6.80. The molecule has 13 heteroatoms. The minimum Gasteiger partial charge on any atom is -0.350 e. The number of carbonyl (C=O) groups excluding carboxylic acids is 1. The molecule has 0 aliphatic heterocycles. The molecule has 6 nitrogen and oxygen atoms in total. The van der Waals surface area contributed by atoms with Gasteiger partial charge in [-0.1, -0.05) is 18.5 Å². The van der Waals surface area contributed by atoms with Crippen molar-refractivity contribution in [2.24, 2.45) is 11.8 Å². The van der Waals surface area contributed by atoms with Gasteiger partial charge >= 0.3 is 6.18 Å². The summed E-state index contributed by atoms with van der Waals surface area (Å²) in [5, 5.41) is 6.15. The summed E-state index contributed by atoms with van der Waals surface area (Å²) in [4.78, 5) is 12.8. The van der Waals surface area contributed by atoms with E-state index in [0.717, 1.165) is 23.7 Å². The predicted octanol–water partition coefficient (Wildman–Crippen LogP) is 5.58. The van der Waals surface area contributed by atoms with E-state index >= 15 is 0 Å². The van der Waals surface area contributed by atoms with Gasteiger partial charge in [-0.25, -0.2) is 17.2 Å². The Kier molecular flexibility index (Phi) is 8.94. The molecule has 1 fully saturated rings. The fourth-order valence-electron chi connectivity index (χ4n) is 4.58. The highest BCUT2D eigenvalue weighted by Crippen LogP contribution is 2.36. The number of nitrogens with one attached hydrogen (secondary N) is 1. The van der Waals surface area contributed by atoms with E-state index in [1.54, 1.807) is 6.92 Å². The molecule has 3 rings (SSSR count). The van der Waals surface area contributed by atoms with Crippen molar-refractivity contribution in [3.05, 3.63) is 40.0 Å². The van der Waals surface area contributed by atoms with Crippen LogP contribution in [-0.2, 0) is 22.8 Å². The van der Waals surface area contributed by atoms with Crippen LogP contribution in [0.2, 0.25) is 5.02 Å². The van der Waals surface area contributed by atoms with Crippen LogP contribution in [0.25, 0.3) is 11.3 Å². The molecular weight excluding hydrogens is 541 g/mol. The van der Waals surface area contributed by atoms with E-state index < -0.39 is 51.5 Å². The normalized spacial score (nSPS) is 19.6. The van der Waals surface area contributed by atoms with Crippen LogP contribution in [0.1, 0.15) is 55.6 Å². The predicted molar refractivity (Wildman–Crippen MR) is 130 cm³/mol. The Balaban J connectivity index is 1.79. The second-order valence-corrected chi connectivity index (χ2v) is 12.3. The Morgan fingerprint density at radius 2 is 1.76 bits per heavy atom. The Hall–Kier alpha value is -2.21. The molecule has 0 spiro atoms. The summed E-state index contributed by atoms with van der Waals surface area (Å²) in [7, 11) is -3.11. The molecule has 1 aliphatic rings. The number of hydrogen-bond donors (Lipinski definition) is 1. The van der Waals surface area contributed by atoms with E-state index in [2.05, 4.69) is 10.4 Å². The molecule has 1 unspecified atom stereocenters. The number of alkyl halides is 3. The first-order valence-corrected chi connectivity index (χ1v) is 14.2. The van der Waals surface area contributed by atoms with E-state index in [0.29, 0.717) is 25.7 Å². The van der Waals surface area contributed by atoms with Crippen LogP contribution in [0, 0.1) is 23.5 Å². The van der Waals surface area contributed by atoms with Crippen LogP contribution in [0.15, 0.2) is 12.1 Å². The molecule has 0 bridgehead atoms. The highest BCUT2D eigenvalue weighted by Gasteiger charge is 2.36. The number of halogens is 6. The Bertz CT molecular complexity index is 1230. The van der Waals surface area contributed by atoms with Gasteiger partial charge in [-0.05, 0) is 62.6 Å². The number of nitrogens with zero attached hydrogens (tertiary/aromatic N) is 2. The van der Waals surface area contributed by atoms with Gasteiger partial charge in [-0.15, -0.1) is 0 Å². The number of hydrogen-bond acceptors (Lipinski definition) is 4. The molecular formula is C24H29ClF5N3O3S. The first-order chi connectivity index (χ1) is 17.1. The molecule has 1 N–H and O–H groups in total. The number of carbonyl (C=O) groups is 1. The maximum absolute atomic E-state index is 15.0. The molecule has 1 amide bonds. The first kappa shape index (κ1) is 29.3. The maximum atomic E-state index is 15.0. The minimum atomic E-state index is -4.51. The smallest absolute Gasteiger partial charge is 0.350 e. The molecule has 1 aromatic carbocycles. The van der Waals surface area contributed by atoms with E-state index in [4.69, 9.17) is 11.6 Å². The summed E-state index contributed by atoms with van der Waals surface area (Å²) in [5.41, 5.74) is -1.17. The van der Waals surface area contributed by atoms with Gasteiger partial charge in [0, 0.05) is 19.3 Å². The summed E-state index contributed by atoms with van der Waals surface area (Å²) in [6.45, 7) is 2.93. The zero-order valence-electron chi connectivity index (χ0n) is 20.6. The zero-order valence-corrected chi connectivity index (χ0v) is 22.2. The maximum Gasteiger partial charge on any atom is 0.391 e. The van der Waals surface area contributed by atoms with Gasteiger partial charge in [-0.2, -0.15) is 18.3 Å². The molecule has 37 heavy (non-hydrogen) atoms. The number of sulfone groups is 1. The summed E-state index contributed by atoms with van der Waals surface area (Å²) < 4.78 is 93.2. The summed E-state index contributed by atoms with van der Waals surface area (Å²) in [6, 6.07) is 1.66. The number of benzene rings is 1. The molecule has 1 aliphatic carbocycles. The standard InChI is InChI=1S/C24H29ClF5N3O3S/c1-4-33-22(19-17(26)10-15(11-18(19)27)9-13(2)24(28,29)30)20(25)21(32-33)23(34)31-12-14-5-7-16(8-6-14)37(3,35)36/h10-11,13-14,16H,4-9,12H2,1-3H3,(H,31,34)/t13?,14-,16-. The Labute approximate surface area is 217 Å². The summed E-state index contributed by atoms with van der Waals surface area (Å²) in [5.74, 6) is -4.61. The lowest BCUT2D eigenvalue weighted by Crippen LogP contribution is -2.34. The molecule has 0 radical (unpaired) electrons. The molecule has 1 saturated carbocycles. The summed E-state index contributed by atoms with van der Waals surface area (Å²) >= 11 is 6.36. The molecule has 1 aromatic heterocycles. The topological polar surface area (TPSA) is 81.1 Å². The SMILES string of the molecule is CCn1nc(C(=O)NC[C@H]2CC[C@H](S(C)(=O)=O)CC2)c(Cl)c1-c1c(F)cc(CC(C)C(F)(F)F)cc1F. The van der Waals surface area contributed by atoms with Crippen LogP contribution in [0.4, 0.5) is 22.0 Å². The third-order valence-corrected chi connectivity index (χ3v) is 8.84. The van der Waals surface area contributed by atoms with Crippen molar-refractivity contribution >= 4 is 27.3 Å². The van der Waals surface area contributed by atoms with Crippen molar-refractivity contribution in [3.8, 4) is 11.3 Å². The van der Waals surface area contributed by atoms with Crippen LogP contribution in [0.5, 0.6) is 0 Å². The fraction of sp³-hybridized carbons (Fsp3) is 0.583. The van der Waals surface area contributed by atoms with Gasteiger partial charge in [0.25, 0.3) is 5.91 Å². The van der Waals surface area contributed by atoms with Crippen molar-refractivity contribution in [1.82, 2.24) is 15.1 Å². The van der Waals surface area contributed by atoms with E-state index in [9.17, 15) is 35.2 Å². The Morgan fingerprint density at radius 3 is 2.24 bits per heavy atom. The lowest BCUT2D eigenvalue weighted by molar-refractivity contribution is -0.169. The van der Waals surface area contributed by atoms with Gasteiger partial charge in [0.2, 0.25) is 0 Å². The van der Waals surface area contributed by atoms with Crippen molar-refractivity contribution in [2.75, 3.05) is 12.8 Å². The van der Waals surface area contributed by atoms with E-state index in [1.165, 1.54) is 6.26 Å². The molecule has 1 atom stereocenters. The van der Waals surface area contributed by atoms with Crippen LogP contribution >= 0.6 is 11.6 Å². The number of amides is 1. The van der Waals surface area contributed by atoms with E-state index in [1.807, 2.05) is 0 Å². The van der Waals surface area contributed by atoms with Gasteiger partial charge < -0.3 is 5.32 Å². The third kappa shape index (κ3) is 6.81. The fourth-order valence-corrected chi connectivity index (χ4v) is 6.02. The molecule has 0 saturated heterocycles. The van der Waals surface area contributed by atoms with Gasteiger partial charge in [-0.3, -0.25) is 9.48 Å². The second kappa shape index (κ2) is 11.3. The van der Waals surface area contributed by atoms with Gasteiger partial charge in [0.15, 0.2) is 5.69 Å². The van der Waals surface area contributed by atoms with Gasteiger partial charge in [0.05, 0.1) is 27.4 Å². The van der Waals surface area contributed by atoms with Gasteiger partial charge in [0.1, 0.15) is 21.5 Å². The average Bonchev–Trinajstić information content (AvgIpc) is 3.12. The summed E-state index contributed by atoms with van der Waals surface area (Å²) in [6.07, 6.45) is -1.64. The highest BCUT2D eigenvalue weighted by molar-refractivity contribution is 7.91. The monoisotopic (exact) mass is 569 g/mol. The highest BCUT2D eigenvalue weighted by atomic mass is 35.5. The zero-order chi connectivity index (χ0) is 27.7. The average molecular weight is 570 g/mol. The minimum absolute atomic E-state index is 0.0648. The van der Waals surface area contributed by atoms with Crippen molar-refractivity contribution in [3.63, 3.8) is 0 Å². The largest absolute Gasteiger partial charge is 0.391 e. The lowest BCUT2D eigenvalue weighted by Gasteiger charge is -2.27. The Morgan fingerprint density at radius 1 is 1.19 bits per heavy atom. The van der Waals surface area contributed by atoms with Crippen molar-refractivity contribution < 1.29 is 35.2 Å². The second-order valence-electron chi connectivity index (χ2n) is 9.59. The number of rotatable bonds is 8. The van der Waals surface area contributed by atoms with Crippen LogP contribution in [-0.4, -0.2) is 48.3 Å². The first-order valence-electron chi connectivity index (χ1n) is 11.9. The van der Waals surface area contributed by atoms with Crippen LogP contribution < -0.4 is 5.32 Å². The van der Waals surface area contributed by atoms with Crippen molar-refractivity contribution in [1.29, 1.82) is 0 Å². The van der Waals surface area contributed by atoms with Crippen LogP contribution in [0.3, 0.4) is 0 Å². The molecule has 206 valence electrons. The quantitative estimate of drug-likeness (QED) is 0.421. The van der Waals surface area contributed by atoms with E-state index in [-0.39, 0.29) is 46.2 Å². The molecule has 2 aromatic rings. The van der Waals surface area contributed by atoms with Crippen molar-refractivity contribution in [2.45, 2.75) is 63.9 Å². The molecule has 1 heterocycles.